The Kier molecular flexibility index (Phi) is 18.9. The molecular weight excluding hydrogens is 364 g/mol. The third-order valence-electron chi connectivity index (χ3n) is 4.42. The largest absolute Gasteiger partial charge is 0.471 e. The van der Waals surface area contributed by atoms with Crippen molar-refractivity contribution in [1.82, 2.24) is 0 Å². The van der Waals surface area contributed by atoms with E-state index < -0.39 is 0 Å². The Bertz CT molecular complexity index is 241. The third kappa shape index (κ3) is 17.8. The molecule has 23 heavy (non-hydrogen) atoms. The SMILES string of the molecule is CCCCCCCOCOCCCC(C)CC(C)C[CH](C)[Mg][Br]. The molecule has 3 unspecified atom stereocenters. The average molecular weight is 404 g/mol. The van der Waals surface area contributed by atoms with Gasteiger partial charge in [0.05, 0.1) is 0 Å². The van der Waals surface area contributed by atoms with Gasteiger partial charge in [-0.25, -0.2) is 0 Å². The Morgan fingerprint density at radius 2 is 1.48 bits per heavy atom. The van der Waals surface area contributed by atoms with E-state index in [4.69, 9.17) is 9.47 Å². The van der Waals surface area contributed by atoms with Gasteiger partial charge in [-0.15, -0.1) is 4.05 Å². The van der Waals surface area contributed by atoms with Crippen molar-refractivity contribution in [2.45, 2.75) is 89.5 Å². The van der Waals surface area contributed by atoms with Crippen molar-refractivity contribution < 1.29 is 9.47 Å². The van der Waals surface area contributed by atoms with Crippen LogP contribution in [0.4, 0.5) is 0 Å². The molecule has 4 heteroatoms. The Hall–Kier alpha value is 1.17. The molecule has 0 rings (SSSR count). The molecule has 0 heterocycles. The lowest BCUT2D eigenvalue weighted by atomic mass is 9.91. The summed E-state index contributed by atoms with van der Waals surface area (Å²) >= 11 is 3.72. The lowest BCUT2D eigenvalue weighted by Crippen LogP contribution is -2.08. The van der Waals surface area contributed by atoms with E-state index in [0.717, 1.165) is 35.5 Å². The maximum Gasteiger partial charge on any atom is 0.471 e. The molecule has 0 bridgehead atoms. The van der Waals surface area contributed by atoms with E-state index in [0.29, 0.717) is 6.79 Å². The predicted molar refractivity (Wildman–Crippen MR) is 106 cm³/mol. The second-order valence-electron chi connectivity index (χ2n) is 7.43. The van der Waals surface area contributed by atoms with Crippen molar-refractivity contribution in [1.29, 1.82) is 0 Å². The lowest BCUT2D eigenvalue weighted by Gasteiger charge is -2.19. The first-order valence-electron chi connectivity index (χ1n) is 9.81. The maximum atomic E-state index is 5.58. The molecule has 0 aromatic rings. The Morgan fingerprint density at radius 3 is 2.13 bits per heavy atom. The summed E-state index contributed by atoms with van der Waals surface area (Å²) in [4.78, 5) is 0. The molecule has 0 aliphatic carbocycles. The Balaban J connectivity index is 3.30. The zero-order valence-electron chi connectivity index (χ0n) is 16.1. The van der Waals surface area contributed by atoms with E-state index in [1.807, 2.05) is 0 Å². The summed E-state index contributed by atoms with van der Waals surface area (Å²) in [6.45, 7) is 11.6. The fourth-order valence-electron chi connectivity index (χ4n) is 3.17. The van der Waals surface area contributed by atoms with Crippen LogP contribution in [0.15, 0.2) is 0 Å². The molecule has 136 valence electrons. The van der Waals surface area contributed by atoms with Crippen LogP contribution in [0, 0.1) is 11.8 Å². The minimum Gasteiger partial charge on any atom is -0.355 e. The Labute approximate surface area is 161 Å². The summed E-state index contributed by atoms with van der Waals surface area (Å²) in [7, 11) is 0. The van der Waals surface area contributed by atoms with Crippen LogP contribution in [0.3, 0.4) is 0 Å². The minimum absolute atomic E-state index is 0.00363. The van der Waals surface area contributed by atoms with Crippen molar-refractivity contribution in [2.24, 2.45) is 11.8 Å². The van der Waals surface area contributed by atoms with Crippen LogP contribution in [0.5, 0.6) is 0 Å². The molecule has 0 aromatic carbocycles. The number of rotatable bonds is 17. The van der Waals surface area contributed by atoms with Crippen molar-refractivity contribution in [3.05, 3.63) is 0 Å². The van der Waals surface area contributed by atoms with Gasteiger partial charge in [0.25, 0.3) is 0 Å². The highest BCUT2D eigenvalue weighted by Gasteiger charge is 2.13. The standard InChI is InChI=1S/C19H39O2.BrH.Mg/c1-5-7-8-9-10-14-20-17-21-15-11-13-19(4)16-18(3)12-6-2;;/h6,18-19H,5,7-17H2,1-4H3;1H;/q;;+1/p-1. The van der Waals surface area contributed by atoms with E-state index >= 15 is 0 Å². The van der Waals surface area contributed by atoms with E-state index in [1.165, 1.54) is 51.4 Å². The molecular formula is C19H39BrMgO2. The number of hydrogen-bond donors (Lipinski definition) is 0. The molecule has 3 atom stereocenters. The average Bonchev–Trinajstić information content (AvgIpc) is 2.52. The van der Waals surface area contributed by atoms with Crippen LogP contribution in [0.1, 0.15) is 85.5 Å². The normalized spacial score (nSPS) is 15.2. The smallest absolute Gasteiger partial charge is 0.355 e. The van der Waals surface area contributed by atoms with E-state index in [1.54, 1.807) is 0 Å². The van der Waals surface area contributed by atoms with Crippen LogP contribution >= 0.6 is 12.9 Å². The van der Waals surface area contributed by atoms with Gasteiger partial charge in [-0.3, -0.25) is 0 Å². The van der Waals surface area contributed by atoms with Gasteiger partial charge in [0.2, 0.25) is 0 Å². The van der Waals surface area contributed by atoms with Crippen LogP contribution in [-0.2, 0) is 9.47 Å². The first kappa shape index (κ1) is 24.2. The van der Waals surface area contributed by atoms with Gasteiger partial charge in [0, 0.05) is 13.2 Å². The van der Waals surface area contributed by atoms with Crippen LogP contribution in [0.2, 0.25) is 4.05 Å². The van der Waals surface area contributed by atoms with Crippen molar-refractivity contribution in [2.75, 3.05) is 20.0 Å². The highest BCUT2D eigenvalue weighted by Crippen LogP contribution is 2.25. The zero-order valence-corrected chi connectivity index (χ0v) is 19.1. The molecule has 2 nitrogen and oxygen atoms in total. The number of halogens is 1. The van der Waals surface area contributed by atoms with Gasteiger partial charge in [-0.05, 0) is 37.5 Å². The second kappa shape index (κ2) is 18.0. The molecule has 0 spiro atoms. The molecule has 0 aromatic heterocycles. The van der Waals surface area contributed by atoms with Crippen LogP contribution in [0.25, 0.3) is 0 Å². The fourth-order valence-corrected chi connectivity index (χ4v) is 4.66. The maximum absolute atomic E-state index is 5.58. The van der Waals surface area contributed by atoms with E-state index in [2.05, 4.69) is 40.6 Å². The molecule has 0 fully saturated rings. The Morgan fingerprint density at radius 1 is 0.826 bits per heavy atom. The highest BCUT2D eigenvalue weighted by atomic mass is 79.9. The van der Waals surface area contributed by atoms with Crippen molar-refractivity contribution in [3.8, 4) is 0 Å². The summed E-state index contributed by atoms with van der Waals surface area (Å²) in [5.41, 5.74) is 0. The highest BCUT2D eigenvalue weighted by molar-refractivity contribution is 9.23. The second-order valence-corrected chi connectivity index (χ2v) is 11.1. The summed E-state index contributed by atoms with van der Waals surface area (Å²) in [5, 5.41) is 0. The number of unbranched alkanes of at least 4 members (excludes halogenated alkanes) is 4. The van der Waals surface area contributed by atoms with E-state index in [-0.39, 0.29) is 18.2 Å². The van der Waals surface area contributed by atoms with Crippen molar-refractivity contribution >= 4 is 31.1 Å². The molecule has 0 saturated heterocycles. The van der Waals surface area contributed by atoms with Gasteiger partial charge < -0.3 is 22.4 Å². The molecule has 0 radical (unpaired) electrons. The molecule has 0 amide bonds. The van der Waals surface area contributed by atoms with Gasteiger partial charge >= 0.3 is 18.2 Å². The van der Waals surface area contributed by atoms with Gasteiger partial charge in [-0.2, -0.15) is 0 Å². The number of hydrogen-bond acceptors (Lipinski definition) is 2. The summed E-state index contributed by atoms with van der Waals surface area (Å²) in [5.74, 6) is 1.68. The van der Waals surface area contributed by atoms with Gasteiger partial charge in [0.1, 0.15) is 6.79 Å². The third-order valence-corrected chi connectivity index (χ3v) is 8.59. The van der Waals surface area contributed by atoms with Crippen LogP contribution < -0.4 is 0 Å². The van der Waals surface area contributed by atoms with Gasteiger partial charge in [-0.1, -0.05) is 59.8 Å². The summed E-state index contributed by atoms with van der Waals surface area (Å²) < 4.78 is 12.0. The minimum atomic E-state index is 0.00363. The fraction of sp³-hybridized carbons (Fsp3) is 1.00. The lowest BCUT2D eigenvalue weighted by molar-refractivity contribution is -0.0561. The summed E-state index contributed by atoms with van der Waals surface area (Å²) in [6.07, 6.45) is 11.7. The topological polar surface area (TPSA) is 18.5 Å². The predicted octanol–water partition coefficient (Wildman–Crippen LogP) is 6.60. The zero-order chi connectivity index (χ0) is 17.3. The molecule has 0 N–H and O–H groups in total. The van der Waals surface area contributed by atoms with E-state index in [9.17, 15) is 0 Å². The number of ether oxygens (including phenoxy) is 2. The monoisotopic (exact) mass is 402 g/mol. The first-order chi connectivity index (χ1) is 11.1. The van der Waals surface area contributed by atoms with Crippen LogP contribution in [-0.4, -0.2) is 38.2 Å². The summed E-state index contributed by atoms with van der Waals surface area (Å²) in [6, 6.07) is 0. The van der Waals surface area contributed by atoms with Gasteiger partial charge in [0.15, 0.2) is 0 Å². The molecule has 0 aliphatic rings. The quantitative estimate of drug-likeness (QED) is 0.155. The first-order valence-corrected chi connectivity index (χ1v) is 14.5. The molecule has 0 saturated carbocycles. The van der Waals surface area contributed by atoms with Crippen molar-refractivity contribution in [3.63, 3.8) is 0 Å². The molecule has 0 aliphatic heterocycles.